The van der Waals surface area contributed by atoms with Gasteiger partial charge in [-0.2, -0.15) is 4.31 Å². The molecule has 8 nitrogen and oxygen atoms in total. The van der Waals surface area contributed by atoms with Crippen molar-refractivity contribution in [1.29, 1.82) is 0 Å². The van der Waals surface area contributed by atoms with Crippen molar-refractivity contribution in [3.8, 4) is 5.75 Å². The van der Waals surface area contributed by atoms with Gasteiger partial charge >= 0.3 is 0 Å². The van der Waals surface area contributed by atoms with E-state index in [4.69, 9.17) is 4.74 Å². The number of nitrogens with one attached hydrogen (secondary N) is 1. The summed E-state index contributed by atoms with van der Waals surface area (Å²) < 4.78 is 33.5. The van der Waals surface area contributed by atoms with Crippen molar-refractivity contribution in [1.82, 2.24) is 9.62 Å². The van der Waals surface area contributed by atoms with Crippen LogP contribution in [0.2, 0.25) is 0 Å². The number of nitrogens with zero attached hydrogens (tertiary/aromatic N) is 2. The van der Waals surface area contributed by atoms with Crippen LogP contribution in [0.1, 0.15) is 18.1 Å². The minimum Gasteiger partial charge on any atom is -0.477 e. The number of aryl methyl sites for hydroxylation is 1. The maximum absolute atomic E-state index is 13.5. The normalized spacial score (nSPS) is 15.1. The Hall–Kier alpha value is -3.69. The predicted octanol–water partition coefficient (Wildman–Crippen LogP) is 3.16. The molecular weight excluding hydrogens is 490 g/mol. The Balaban J connectivity index is 1.48. The SMILES string of the molecule is CCN(CC(=O)N1C[C@@H](C(=O)NCCc2ccccc2)Oc2ccccc21)S(=O)(=O)c1ccc(C)cc1. The summed E-state index contributed by atoms with van der Waals surface area (Å²) in [5.74, 6) is -0.368. The quantitative estimate of drug-likeness (QED) is 0.467. The maximum Gasteiger partial charge on any atom is 0.262 e. The second kappa shape index (κ2) is 11.6. The van der Waals surface area contributed by atoms with E-state index in [2.05, 4.69) is 5.32 Å². The number of carbonyl (C=O) groups excluding carboxylic acids is 2. The van der Waals surface area contributed by atoms with Gasteiger partial charge in [0.1, 0.15) is 5.75 Å². The van der Waals surface area contributed by atoms with E-state index in [1.54, 1.807) is 43.3 Å². The van der Waals surface area contributed by atoms with Crippen LogP contribution in [0.5, 0.6) is 5.75 Å². The van der Waals surface area contributed by atoms with Crippen LogP contribution >= 0.6 is 0 Å². The summed E-state index contributed by atoms with van der Waals surface area (Å²) in [5.41, 5.74) is 2.55. The first-order valence-corrected chi connectivity index (χ1v) is 13.7. The Kier molecular flexibility index (Phi) is 8.25. The zero-order chi connectivity index (χ0) is 26.4. The van der Waals surface area contributed by atoms with Crippen molar-refractivity contribution in [2.24, 2.45) is 0 Å². The number of likely N-dealkylation sites (N-methyl/N-ethyl adjacent to an activating group) is 1. The summed E-state index contributed by atoms with van der Waals surface area (Å²) in [6.45, 7) is 3.74. The highest BCUT2D eigenvalue weighted by atomic mass is 32.2. The van der Waals surface area contributed by atoms with Crippen LogP contribution in [0.4, 0.5) is 5.69 Å². The molecule has 4 rings (SSSR count). The molecule has 194 valence electrons. The molecule has 0 fully saturated rings. The molecule has 1 N–H and O–H groups in total. The molecule has 1 heterocycles. The van der Waals surface area contributed by atoms with Gasteiger partial charge in [-0.25, -0.2) is 8.42 Å². The van der Waals surface area contributed by atoms with Gasteiger partial charge < -0.3 is 15.0 Å². The smallest absolute Gasteiger partial charge is 0.262 e. The van der Waals surface area contributed by atoms with E-state index in [0.29, 0.717) is 24.4 Å². The fraction of sp³-hybridized carbons (Fsp3) is 0.286. The third-order valence-corrected chi connectivity index (χ3v) is 8.18. The number of anilines is 1. The molecule has 37 heavy (non-hydrogen) atoms. The Morgan fingerprint density at radius 1 is 1.00 bits per heavy atom. The van der Waals surface area contributed by atoms with E-state index < -0.39 is 22.0 Å². The summed E-state index contributed by atoms with van der Waals surface area (Å²) >= 11 is 0. The number of benzene rings is 3. The minimum atomic E-state index is -3.87. The van der Waals surface area contributed by atoms with Crippen molar-refractivity contribution < 1.29 is 22.7 Å². The fourth-order valence-electron chi connectivity index (χ4n) is 4.16. The Bertz CT molecular complexity index is 1340. The van der Waals surface area contributed by atoms with Gasteiger partial charge in [-0.15, -0.1) is 0 Å². The lowest BCUT2D eigenvalue weighted by atomic mass is 10.1. The van der Waals surface area contributed by atoms with Crippen LogP contribution in [0.15, 0.2) is 83.8 Å². The predicted molar refractivity (Wildman–Crippen MR) is 142 cm³/mol. The number of ether oxygens (including phenoxy) is 1. The van der Waals surface area contributed by atoms with Gasteiger partial charge in [0.15, 0.2) is 6.10 Å². The second-order valence-corrected chi connectivity index (χ2v) is 10.8. The summed E-state index contributed by atoms with van der Waals surface area (Å²) in [6, 6.07) is 23.3. The third kappa shape index (κ3) is 6.18. The molecule has 1 aliphatic rings. The summed E-state index contributed by atoms with van der Waals surface area (Å²) in [4.78, 5) is 28.0. The van der Waals surface area contributed by atoms with Gasteiger partial charge in [0.25, 0.3) is 5.91 Å². The molecule has 0 aromatic heterocycles. The van der Waals surface area contributed by atoms with Crippen LogP contribution in [0, 0.1) is 6.92 Å². The Labute approximate surface area is 217 Å². The summed E-state index contributed by atoms with van der Waals surface area (Å²) in [7, 11) is -3.87. The molecule has 9 heteroatoms. The molecule has 0 spiro atoms. The lowest BCUT2D eigenvalue weighted by molar-refractivity contribution is -0.128. The number of fused-ring (bicyclic) bond motifs is 1. The zero-order valence-electron chi connectivity index (χ0n) is 21.0. The molecule has 3 aromatic carbocycles. The molecule has 0 aliphatic carbocycles. The average molecular weight is 522 g/mol. The van der Waals surface area contributed by atoms with Crippen LogP contribution in [0.25, 0.3) is 0 Å². The second-order valence-electron chi connectivity index (χ2n) is 8.85. The highest BCUT2D eigenvalue weighted by Gasteiger charge is 2.35. The number of sulfonamides is 1. The van der Waals surface area contributed by atoms with Crippen molar-refractivity contribution >= 4 is 27.5 Å². The van der Waals surface area contributed by atoms with Crippen molar-refractivity contribution in [2.45, 2.75) is 31.3 Å². The zero-order valence-corrected chi connectivity index (χ0v) is 21.8. The first kappa shape index (κ1) is 26.4. The van der Waals surface area contributed by atoms with E-state index >= 15 is 0 Å². The van der Waals surface area contributed by atoms with Crippen molar-refractivity contribution in [3.05, 3.63) is 90.0 Å². The molecule has 0 saturated heterocycles. The summed E-state index contributed by atoms with van der Waals surface area (Å²) in [6.07, 6.45) is -0.251. The Morgan fingerprint density at radius 3 is 2.38 bits per heavy atom. The standard InChI is InChI=1S/C28H31N3O5S/c1-3-30(37(34,35)23-15-13-21(2)14-16-23)20-27(32)31-19-26(36-25-12-8-7-11-24(25)31)28(33)29-18-17-22-9-5-4-6-10-22/h4-16,26H,3,17-20H2,1-2H3,(H,29,33)/t26-/m0/s1. The topological polar surface area (TPSA) is 96.0 Å². The molecule has 3 aromatic rings. The number of amides is 2. The van der Waals surface area contributed by atoms with Crippen molar-refractivity contribution in [2.75, 3.05) is 31.1 Å². The number of carbonyl (C=O) groups is 2. The lowest BCUT2D eigenvalue weighted by Crippen LogP contribution is -2.53. The van der Waals surface area contributed by atoms with Gasteiger partial charge in [-0.1, -0.05) is 67.1 Å². The number of para-hydroxylation sites is 2. The van der Waals surface area contributed by atoms with E-state index in [1.807, 2.05) is 37.3 Å². The highest BCUT2D eigenvalue weighted by molar-refractivity contribution is 7.89. The molecule has 0 saturated carbocycles. The van der Waals surface area contributed by atoms with Crippen LogP contribution < -0.4 is 15.0 Å². The van der Waals surface area contributed by atoms with Crippen LogP contribution in [-0.2, 0) is 26.0 Å². The van der Waals surface area contributed by atoms with E-state index in [1.165, 1.54) is 17.0 Å². The number of rotatable bonds is 9. The molecule has 0 bridgehead atoms. The number of hydrogen-bond donors (Lipinski definition) is 1. The maximum atomic E-state index is 13.5. The van der Waals surface area contributed by atoms with Gasteiger partial charge in [0.05, 0.1) is 23.7 Å². The number of hydrogen-bond acceptors (Lipinski definition) is 5. The average Bonchev–Trinajstić information content (AvgIpc) is 2.91. The van der Waals surface area contributed by atoms with Crippen LogP contribution in [0.3, 0.4) is 0 Å². The van der Waals surface area contributed by atoms with Gasteiger partial charge in [0.2, 0.25) is 15.9 Å². The lowest BCUT2D eigenvalue weighted by Gasteiger charge is -2.35. The Morgan fingerprint density at radius 2 is 1.68 bits per heavy atom. The summed E-state index contributed by atoms with van der Waals surface area (Å²) in [5, 5.41) is 2.89. The minimum absolute atomic E-state index is 0.0187. The van der Waals surface area contributed by atoms with E-state index in [9.17, 15) is 18.0 Å². The molecule has 0 radical (unpaired) electrons. The highest BCUT2D eigenvalue weighted by Crippen LogP contribution is 2.33. The molecule has 0 unspecified atom stereocenters. The third-order valence-electron chi connectivity index (χ3n) is 6.25. The molecule has 1 aliphatic heterocycles. The van der Waals surface area contributed by atoms with E-state index in [-0.39, 0.29) is 30.4 Å². The van der Waals surface area contributed by atoms with Gasteiger partial charge in [-0.3, -0.25) is 9.59 Å². The van der Waals surface area contributed by atoms with Gasteiger partial charge in [-0.05, 0) is 43.2 Å². The fourth-order valence-corrected chi connectivity index (χ4v) is 5.56. The van der Waals surface area contributed by atoms with Crippen molar-refractivity contribution in [3.63, 3.8) is 0 Å². The van der Waals surface area contributed by atoms with Gasteiger partial charge in [0, 0.05) is 13.1 Å². The van der Waals surface area contributed by atoms with E-state index in [0.717, 1.165) is 15.4 Å². The van der Waals surface area contributed by atoms with Crippen LogP contribution in [-0.4, -0.2) is 56.8 Å². The molecule has 1 atom stereocenters. The monoisotopic (exact) mass is 521 g/mol. The largest absolute Gasteiger partial charge is 0.477 e. The molecule has 2 amide bonds. The molecular formula is C28H31N3O5S. The first-order chi connectivity index (χ1) is 17.8. The first-order valence-electron chi connectivity index (χ1n) is 12.2.